The van der Waals surface area contributed by atoms with Crippen molar-refractivity contribution < 1.29 is 13.9 Å². The largest absolute Gasteiger partial charge is 0.484 e. The summed E-state index contributed by atoms with van der Waals surface area (Å²) in [5.74, 6) is 1.72. The average Bonchev–Trinajstić information content (AvgIpc) is 2.75. The van der Waals surface area contributed by atoms with Gasteiger partial charge in [0.15, 0.2) is 6.61 Å². The number of furan rings is 1. The van der Waals surface area contributed by atoms with Crippen molar-refractivity contribution in [3.63, 3.8) is 0 Å². The van der Waals surface area contributed by atoms with Crippen molar-refractivity contribution >= 4 is 23.7 Å². The molecule has 2 rings (SSSR count). The van der Waals surface area contributed by atoms with Crippen LogP contribution in [0.25, 0.3) is 0 Å². The molecule has 1 aromatic carbocycles. The Morgan fingerprint density at radius 3 is 2.90 bits per heavy atom. The number of hydrazone groups is 1. The summed E-state index contributed by atoms with van der Waals surface area (Å²) in [6, 6.07) is 8.68. The van der Waals surface area contributed by atoms with E-state index in [0.29, 0.717) is 10.8 Å². The molecule has 0 aliphatic heterocycles. The van der Waals surface area contributed by atoms with E-state index in [1.165, 1.54) is 6.21 Å². The zero-order valence-electron chi connectivity index (χ0n) is 11.7. The van der Waals surface area contributed by atoms with Crippen LogP contribution in [0, 0.1) is 13.8 Å². The number of aryl methyl sites for hydroxylation is 2. The summed E-state index contributed by atoms with van der Waals surface area (Å²) in [6.07, 6.45) is 1.53. The van der Waals surface area contributed by atoms with Gasteiger partial charge in [0.05, 0.1) is 6.21 Å². The Hall–Kier alpha value is -2.27. The van der Waals surface area contributed by atoms with Gasteiger partial charge < -0.3 is 9.15 Å². The Morgan fingerprint density at radius 2 is 2.24 bits per heavy atom. The molecule has 0 spiro atoms. The summed E-state index contributed by atoms with van der Waals surface area (Å²) in [4.78, 5) is 11.6. The molecule has 0 radical (unpaired) electrons. The SMILES string of the molecule is Cc1cc(/C=N\NC(=O)COc2cccc(Cl)c2)c(C)o1. The molecule has 0 aliphatic rings. The van der Waals surface area contributed by atoms with E-state index < -0.39 is 0 Å². The molecule has 0 unspecified atom stereocenters. The van der Waals surface area contributed by atoms with Gasteiger partial charge in [0, 0.05) is 10.6 Å². The molecular formula is C15H15ClN2O3. The fraction of sp³-hybridized carbons (Fsp3) is 0.200. The van der Waals surface area contributed by atoms with Crippen molar-refractivity contribution in [2.45, 2.75) is 13.8 Å². The highest BCUT2D eigenvalue weighted by molar-refractivity contribution is 6.30. The van der Waals surface area contributed by atoms with Crippen LogP contribution in [0.1, 0.15) is 17.1 Å². The normalized spacial score (nSPS) is 10.8. The first-order valence-electron chi connectivity index (χ1n) is 6.32. The summed E-state index contributed by atoms with van der Waals surface area (Å²) >= 11 is 5.82. The number of hydrogen-bond acceptors (Lipinski definition) is 4. The van der Waals surface area contributed by atoms with Gasteiger partial charge in [-0.2, -0.15) is 5.10 Å². The highest BCUT2D eigenvalue weighted by Gasteiger charge is 2.03. The molecule has 0 aliphatic carbocycles. The Kier molecular flexibility index (Phi) is 5.00. The number of carbonyl (C=O) groups excluding carboxylic acids is 1. The predicted molar refractivity (Wildman–Crippen MR) is 80.9 cm³/mol. The lowest BCUT2D eigenvalue weighted by Crippen LogP contribution is -2.24. The van der Waals surface area contributed by atoms with E-state index in [-0.39, 0.29) is 12.5 Å². The summed E-state index contributed by atoms with van der Waals surface area (Å²) in [5.41, 5.74) is 3.21. The van der Waals surface area contributed by atoms with Gasteiger partial charge in [-0.25, -0.2) is 5.43 Å². The van der Waals surface area contributed by atoms with Gasteiger partial charge in [0.2, 0.25) is 0 Å². The number of ether oxygens (including phenoxy) is 1. The molecule has 1 heterocycles. The van der Waals surface area contributed by atoms with Crippen LogP contribution in [0.5, 0.6) is 5.75 Å². The van der Waals surface area contributed by atoms with Gasteiger partial charge in [0.25, 0.3) is 5.91 Å². The van der Waals surface area contributed by atoms with E-state index in [2.05, 4.69) is 10.5 Å². The van der Waals surface area contributed by atoms with E-state index in [1.54, 1.807) is 24.3 Å². The molecule has 0 fully saturated rings. The van der Waals surface area contributed by atoms with Crippen LogP contribution in [0.15, 0.2) is 39.9 Å². The maximum atomic E-state index is 11.6. The lowest BCUT2D eigenvalue weighted by Gasteiger charge is -2.04. The fourth-order valence-electron chi connectivity index (χ4n) is 1.69. The second kappa shape index (κ2) is 6.95. The monoisotopic (exact) mass is 306 g/mol. The van der Waals surface area contributed by atoms with Gasteiger partial charge >= 0.3 is 0 Å². The standard InChI is InChI=1S/C15H15ClN2O3/c1-10-6-12(11(2)21-10)8-17-18-15(19)9-20-14-5-3-4-13(16)7-14/h3-8H,9H2,1-2H3,(H,18,19)/b17-8-. The molecule has 5 nitrogen and oxygen atoms in total. The van der Waals surface area contributed by atoms with Gasteiger partial charge in [-0.15, -0.1) is 0 Å². The maximum absolute atomic E-state index is 11.6. The van der Waals surface area contributed by atoms with Gasteiger partial charge in [-0.05, 0) is 38.1 Å². The van der Waals surface area contributed by atoms with E-state index in [1.807, 2.05) is 19.9 Å². The first-order valence-corrected chi connectivity index (χ1v) is 6.69. The second-order valence-corrected chi connectivity index (χ2v) is 4.84. The number of rotatable bonds is 5. The molecule has 0 bridgehead atoms. The third-order valence-corrected chi connectivity index (χ3v) is 2.87. The Morgan fingerprint density at radius 1 is 1.43 bits per heavy atom. The molecule has 110 valence electrons. The third-order valence-electron chi connectivity index (χ3n) is 2.64. The topological polar surface area (TPSA) is 63.8 Å². The van der Waals surface area contributed by atoms with E-state index in [0.717, 1.165) is 17.1 Å². The number of hydrogen-bond donors (Lipinski definition) is 1. The van der Waals surface area contributed by atoms with E-state index >= 15 is 0 Å². The maximum Gasteiger partial charge on any atom is 0.277 e. The van der Waals surface area contributed by atoms with E-state index in [4.69, 9.17) is 20.8 Å². The van der Waals surface area contributed by atoms with Crippen molar-refractivity contribution in [3.8, 4) is 5.75 Å². The van der Waals surface area contributed by atoms with Crippen LogP contribution < -0.4 is 10.2 Å². The minimum absolute atomic E-state index is 0.138. The van der Waals surface area contributed by atoms with E-state index in [9.17, 15) is 4.79 Å². The number of amides is 1. The van der Waals surface area contributed by atoms with Crippen molar-refractivity contribution in [1.29, 1.82) is 0 Å². The Bertz CT molecular complexity index is 665. The number of nitrogens with zero attached hydrogens (tertiary/aromatic N) is 1. The lowest BCUT2D eigenvalue weighted by molar-refractivity contribution is -0.123. The summed E-state index contributed by atoms with van der Waals surface area (Å²) in [6.45, 7) is 3.54. The second-order valence-electron chi connectivity index (χ2n) is 4.41. The average molecular weight is 307 g/mol. The highest BCUT2D eigenvalue weighted by Crippen LogP contribution is 2.16. The molecule has 21 heavy (non-hydrogen) atoms. The summed E-state index contributed by atoms with van der Waals surface area (Å²) < 4.78 is 10.6. The van der Waals surface area contributed by atoms with Crippen molar-refractivity contribution in [2.75, 3.05) is 6.61 Å². The summed E-state index contributed by atoms with van der Waals surface area (Å²) in [7, 11) is 0. The zero-order chi connectivity index (χ0) is 15.2. The van der Waals surface area contributed by atoms with Crippen LogP contribution in [-0.2, 0) is 4.79 Å². The quantitative estimate of drug-likeness (QED) is 0.682. The number of carbonyl (C=O) groups is 1. The van der Waals surface area contributed by atoms with Crippen LogP contribution >= 0.6 is 11.6 Å². The Labute approximate surface area is 127 Å². The minimum Gasteiger partial charge on any atom is -0.484 e. The molecular weight excluding hydrogens is 292 g/mol. The van der Waals surface area contributed by atoms with Crippen molar-refractivity contribution in [2.24, 2.45) is 5.10 Å². The fourth-order valence-corrected chi connectivity index (χ4v) is 1.87. The number of halogens is 1. The molecule has 2 aromatic rings. The molecule has 6 heteroatoms. The number of benzene rings is 1. The zero-order valence-corrected chi connectivity index (χ0v) is 12.5. The molecule has 0 saturated heterocycles. The first kappa shape index (κ1) is 15.1. The van der Waals surface area contributed by atoms with Crippen LogP contribution in [-0.4, -0.2) is 18.7 Å². The highest BCUT2D eigenvalue weighted by atomic mass is 35.5. The summed E-state index contributed by atoms with van der Waals surface area (Å²) in [5, 5.41) is 4.41. The predicted octanol–water partition coefficient (Wildman–Crippen LogP) is 3.08. The minimum atomic E-state index is -0.357. The molecule has 0 saturated carbocycles. The Balaban J connectivity index is 1.81. The molecule has 1 amide bonds. The smallest absolute Gasteiger partial charge is 0.277 e. The van der Waals surface area contributed by atoms with Crippen molar-refractivity contribution in [1.82, 2.24) is 5.43 Å². The van der Waals surface area contributed by atoms with Gasteiger partial charge in [-0.1, -0.05) is 17.7 Å². The molecule has 1 N–H and O–H groups in total. The number of nitrogens with one attached hydrogen (secondary N) is 1. The van der Waals surface area contributed by atoms with Crippen LogP contribution in [0.3, 0.4) is 0 Å². The van der Waals surface area contributed by atoms with Crippen molar-refractivity contribution in [3.05, 3.63) is 52.4 Å². The molecule has 1 aromatic heterocycles. The van der Waals surface area contributed by atoms with Crippen LogP contribution in [0.2, 0.25) is 5.02 Å². The first-order chi connectivity index (χ1) is 10.0. The van der Waals surface area contributed by atoms with Gasteiger partial charge in [-0.3, -0.25) is 4.79 Å². The van der Waals surface area contributed by atoms with Crippen LogP contribution in [0.4, 0.5) is 0 Å². The molecule has 0 atom stereocenters. The third kappa shape index (κ3) is 4.65. The van der Waals surface area contributed by atoms with Gasteiger partial charge in [0.1, 0.15) is 17.3 Å². The lowest BCUT2D eigenvalue weighted by atomic mass is 10.3.